The van der Waals surface area contributed by atoms with E-state index in [-0.39, 0.29) is 17.2 Å². The van der Waals surface area contributed by atoms with Gasteiger partial charge in [-0.1, -0.05) is 11.2 Å². The van der Waals surface area contributed by atoms with Crippen LogP contribution in [0.5, 0.6) is 0 Å². The van der Waals surface area contributed by atoms with Gasteiger partial charge in [0.2, 0.25) is 0 Å². The average Bonchev–Trinajstić information content (AvgIpc) is 3.03. The number of hydrogen-bond donors (Lipinski definition) is 0. The quantitative estimate of drug-likeness (QED) is 0.698. The fraction of sp³-hybridized carbons (Fsp3) is 0.421. The van der Waals surface area contributed by atoms with Crippen LogP contribution in [0, 0.1) is 6.92 Å². The minimum Gasteiger partial charge on any atom is -0.336 e. The first kappa shape index (κ1) is 17.0. The number of halogens is 2. The summed E-state index contributed by atoms with van der Waals surface area (Å²) < 4.78 is 32.1. The maximum Gasteiger partial charge on any atom is 0.264 e. The fourth-order valence-electron chi connectivity index (χ4n) is 3.64. The van der Waals surface area contributed by atoms with Gasteiger partial charge in [-0.3, -0.25) is 9.88 Å². The van der Waals surface area contributed by atoms with Crippen molar-refractivity contribution in [1.82, 2.24) is 20.0 Å². The molecular formula is C19H20F2N4O. The van der Waals surface area contributed by atoms with Gasteiger partial charge in [-0.2, -0.15) is 0 Å². The number of alkyl halides is 2. The zero-order valence-electron chi connectivity index (χ0n) is 14.5. The van der Waals surface area contributed by atoms with Gasteiger partial charge in [0.05, 0.1) is 16.8 Å². The summed E-state index contributed by atoms with van der Waals surface area (Å²) in [6, 6.07) is 7.45. The molecule has 0 aromatic carbocycles. The van der Waals surface area contributed by atoms with Crippen molar-refractivity contribution in [2.75, 3.05) is 13.1 Å². The SMILES string of the molecule is Cc1noc2nc(C3CCN(Cc4ccccn4)CC3)cc(C(F)F)c12. The summed E-state index contributed by atoms with van der Waals surface area (Å²) in [6.07, 6.45) is 0.982. The van der Waals surface area contributed by atoms with E-state index in [0.717, 1.165) is 38.2 Å². The molecule has 3 aromatic heterocycles. The van der Waals surface area contributed by atoms with Crippen molar-refractivity contribution in [2.24, 2.45) is 0 Å². The molecule has 0 radical (unpaired) electrons. The van der Waals surface area contributed by atoms with Crippen LogP contribution in [0.3, 0.4) is 0 Å². The van der Waals surface area contributed by atoms with Crippen LogP contribution in [0.25, 0.3) is 11.1 Å². The predicted molar refractivity (Wildman–Crippen MR) is 93.0 cm³/mol. The molecular weight excluding hydrogens is 338 g/mol. The van der Waals surface area contributed by atoms with Crippen LogP contribution in [0.4, 0.5) is 8.78 Å². The van der Waals surface area contributed by atoms with Crippen LogP contribution >= 0.6 is 0 Å². The topological polar surface area (TPSA) is 55.1 Å². The first-order valence-electron chi connectivity index (χ1n) is 8.79. The molecule has 0 spiro atoms. The highest BCUT2D eigenvalue weighted by Crippen LogP contribution is 2.34. The van der Waals surface area contributed by atoms with Crippen molar-refractivity contribution in [2.45, 2.75) is 38.7 Å². The van der Waals surface area contributed by atoms with Gasteiger partial charge in [0, 0.05) is 29.9 Å². The third-order valence-electron chi connectivity index (χ3n) is 5.02. The van der Waals surface area contributed by atoms with Gasteiger partial charge in [0.15, 0.2) is 0 Å². The molecule has 4 rings (SSSR count). The molecule has 0 N–H and O–H groups in total. The molecule has 1 aliphatic heterocycles. The lowest BCUT2D eigenvalue weighted by Gasteiger charge is -2.31. The summed E-state index contributed by atoms with van der Waals surface area (Å²) in [4.78, 5) is 11.2. The summed E-state index contributed by atoms with van der Waals surface area (Å²) in [5.74, 6) is 0.155. The zero-order chi connectivity index (χ0) is 18.1. The number of fused-ring (bicyclic) bond motifs is 1. The normalized spacial score (nSPS) is 16.6. The standard InChI is InChI=1S/C19H20F2N4O/c1-12-17-15(18(20)21)10-16(23-19(17)26-24-12)13-5-8-25(9-6-13)11-14-4-2-3-7-22-14/h2-4,7,10,13,18H,5-6,8-9,11H2,1H3. The molecule has 5 nitrogen and oxygen atoms in total. The number of aryl methyl sites for hydroxylation is 1. The van der Waals surface area contributed by atoms with Gasteiger partial charge in [0.25, 0.3) is 12.1 Å². The largest absolute Gasteiger partial charge is 0.336 e. The molecule has 0 unspecified atom stereocenters. The van der Waals surface area contributed by atoms with Gasteiger partial charge in [0.1, 0.15) is 0 Å². The van der Waals surface area contributed by atoms with Crippen LogP contribution in [-0.4, -0.2) is 33.1 Å². The summed E-state index contributed by atoms with van der Waals surface area (Å²) in [7, 11) is 0. The number of nitrogens with zero attached hydrogens (tertiary/aromatic N) is 4. The third kappa shape index (κ3) is 3.31. The van der Waals surface area contributed by atoms with Gasteiger partial charge in [-0.25, -0.2) is 13.8 Å². The molecule has 136 valence electrons. The first-order valence-corrected chi connectivity index (χ1v) is 8.79. The molecule has 4 heterocycles. The number of piperidine rings is 1. The maximum atomic E-state index is 13.5. The van der Waals surface area contributed by atoms with Crippen molar-refractivity contribution in [3.8, 4) is 0 Å². The van der Waals surface area contributed by atoms with Gasteiger partial charge in [-0.05, 0) is 51.1 Å². The Hall–Kier alpha value is -2.41. The molecule has 0 amide bonds. The first-order chi connectivity index (χ1) is 12.6. The predicted octanol–water partition coefficient (Wildman–Crippen LogP) is 4.24. The summed E-state index contributed by atoms with van der Waals surface area (Å²) in [5.41, 5.74) is 2.37. The highest BCUT2D eigenvalue weighted by Gasteiger charge is 2.26. The highest BCUT2D eigenvalue weighted by molar-refractivity contribution is 5.80. The van der Waals surface area contributed by atoms with Crippen LogP contribution in [-0.2, 0) is 6.54 Å². The Morgan fingerprint density at radius 2 is 2.08 bits per heavy atom. The summed E-state index contributed by atoms with van der Waals surface area (Å²) in [6.45, 7) is 4.25. The molecule has 7 heteroatoms. The second-order valence-corrected chi connectivity index (χ2v) is 6.76. The van der Waals surface area contributed by atoms with Gasteiger partial charge in [-0.15, -0.1) is 0 Å². The average molecular weight is 358 g/mol. The molecule has 0 bridgehead atoms. The molecule has 0 saturated carbocycles. The lowest BCUT2D eigenvalue weighted by Crippen LogP contribution is -2.33. The molecule has 1 saturated heterocycles. The van der Waals surface area contributed by atoms with Crippen LogP contribution < -0.4 is 0 Å². The van der Waals surface area contributed by atoms with E-state index in [1.54, 1.807) is 13.1 Å². The minimum atomic E-state index is -2.57. The van der Waals surface area contributed by atoms with E-state index in [9.17, 15) is 8.78 Å². The molecule has 26 heavy (non-hydrogen) atoms. The Morgan fingerprint density at radius 1 is 1.27 bits per heavy atom. The van der Waals surface area contributed by atoms with E-state index in [2.05, 4.69) is 20.0 Å². The Labute approximate surface area is 150 Å². The van der Waals surface area contributed by atoms with Gasteiger partial charge >= 0.3 is 0 Å². The van der Waals surface area contributed by atoms with Crippen molar-refractivity contribution in [1.29, 1.82) is 0 Å². The van der Waals surface area contributed by atoms with Crippen LogP contribution in [0.15, 0.2) is 35.0 Å². The van der Waals surface area contributed by atoms with E-state index >= 15 is 0 Å². The maximum absolute atomic E-state index is 13.5. The minimum absolute atomic E-state index is 0.0281. The van der Waals surface area contributed by atoms with Crippen molar-refractivity contribution in [3.05, 3.63) is 53.1 Å². The molecule has 3 aromatic rings. The van der Waals surface area contributed by atoms with Gasteiger partial charge < -0.3 is 4.52 Å². The number of rotatable bonds is 4. The Bertz CT molecular complexity index is 889. The van der Waals surface area contributed by atoms with Crippen molar-refractivity contribution in [3.63, 3.8) is 0 Å². The lowest BCUT2D eigenvalue weighted by molar-refractivity contribution is 0.152. The summed E-state index contributed by atoms with van der Waals surface area (Å²) >= 11 is 0. The lowest BCUT2D eigenvalue weighted by atomic mass is 9.91. The van der Waals surface area contributed by atoms with E-state index in [1.807, 2.05) is 18.2 Å². The Morgan fingerprint density at radius 3 is 2.77 bits per heavy atom. The third-order valence-corrected chi connectivity index (χ3v) is 5.02. The smallest absolute Gasteiger partial charge is 0.264 e. The molecule has 0 aliphatic carbocycles. The zero-order valence-corrected chi connectivity index (χ0v) is 14.5. The van der Waals surface area contributed by atoms with E-state index in [1.165, 1.54) is 6.07 Å². The van der Waals surface area contributed by atoms with E-state index in [0.29, 0.717) is 16.8 Å². The molecule has 1 aliphatic rings. The second-order valence-electron chi connectivity index (χ2n) is 6.76. The second kappa shape index (κ2) is 7.07. The number of likely N-dealkylation sites (tertiary alicyclic amines) is 1. The molecule has 0 atom stereocenters. The number of aromatic nitrogens is 3. The highest BCUT2D eigenvalue weighted by atomic mass is 19.3. The molecule has 1 fully saturated rings. The van der Waals surface area contributed by atoms with Crippen LogP contribution in [0.1, 0.15) is 47.8 Å². The Kier molecular flexibility index (Phi) is 4.63. The number of hydrogen-bond acceptors (Lipinski definition) is 5. The Balaban J connectivity index is 1.51. The van der Waals surface area contributed by atoms with E-state index < -0.39 is 6.43 Å². The van der Waals surface area contributed by atoms with Crippen LogP contribution in [0.2, 0.25) is 0 Å². The summed E-state index contributed by atoms with van der Waals surface area (Å²) in [5, 5.41) is 4.14. The monoisotopic (exact) mass is 358 g/mol. The number of pyridine rings is 2. The van der Waals surface area contributed by atoms with E-state index in [4.69, 9.17) is 4.52 Å². The van der Waals surface area contributed by atoms with Crippen molar-refractivity contribution >= 4 is 11.1 Å². The fourth-order valence-corrected chi connectivity index (χ4v) is 3.64. The van der Waals surface area contributed by atoms with Crippen molar-refractivity contribution < 1.29 is 13.3 Å².